The minimum Gasteiger partial charge on any atom is -0.399 e. The highest BCUT2D eigenvalue weighted by Crippen LogP contribution is 2.51. The molecule has 1 aliphatic heterocycles. The fourth-order valence-electron chi connectivity index (χ4n) is 3.34. The van der Waals surface area contributed by atoms with Gasteiger partial charge < -0.3 is 9.31 Å². The van der Waals surface area contributed by atoms with Crippen LogP contribution in [-0.2, 0) is 15.2 Å². The van der Waals surface area contributed by atoms with Gasteiger partial charge in [-0.15, -0.1) is 0 Å². The van der Waals surface area contributed by atoms with Crippen LogP contribution in [-0.4, -0.2) is 18.3 Å². The average Bonchev–Trinajstić information content (AvgIpc) is 2.87. The van der Waals surface area contributed by atoms with Crippen LogP contribution in [0, 0.1) is 0 Å². The Morgan fingerprint density at radius 3 is 1.96 bits per heavy atom. The van der Waals surface area contributed by atoms with Crippen molar-refractivity contribution in [2.75, 3.05) is 0 Å². The minimum absolute atomic E-state index is 0.0306. The molecule has 2 aromatic rings. The molecule has 0 spiro atoms. The Balaban J connectivity index is 1.79. The zero-order chi connectivity index (χ0) is 18.2. The van der Waals surface area contributed by atoms with Gasteiger partial charge in [0.1, 0.15) is 0 Å². The Bertz CT molecular complexity index is 864. The molecule has 0 bridgehead atoms. The van der Waals surface area contributed by atoms with Crippen LogP contribution < -0.4 is 5.46 Å². The van der Waals surface area contributed by atoms with Gasteiger partial charge in [0.05, 0.1) is 11.2 Å². The number of rotatable bonds is 1. The van der Waals surface area contributed by atoms with Crippen LogP contribution in [0.25, 0.3) is 11.1 Å². The van der Waals surface area contributed by atoms with Crippen molar-refractivity contribution in [3.8, 4) is 11.1 Å². The molecule has 4 rings (SSSR count). The minimum atomic E-state index is -3.09. The van der Waals surface area contributed by atoms with Crippen molar-refractivity contribution >= 4 is 24.2 Å². The molecule has 0 radical (unpaired) electrons. The SMILES string of the molecule is CC1(C)OB(c2ccc3c(c2)C(F)(F)c2cc(Cl)ccc2-3)OC1(C)C. The standard InChI is InChI=1S/C19H18BClF2O2/c1-17(2)18(3,4)25-20(24-17)11-5-7-13-14-8-6-12(21)10-16(14)19(22,23)15(13)9-11/h5-10H,1-4H3. The van der Waals surface area contributed by atoms with Crippen molar-refractivity contribution in [2.24, 2.45) is 0 Å². The quantitative estimate of drug-likeness (QED) is 0.681. The monoisotopic (exact) mass is 362 g/mol. The summed E-state index contributed by atoms with van der Waals surface area (Å²) in [6, 6.07) is 9.61. The molecule has 0 atom stereocenters. The topological polar surface area (TPSA) is 18.5 Å². The van der Waals surface area contributed by atoms with Gasteiger partial charge >= 0.3 is 7.12 Å². The van der Waals surface area contributed by atoms with Crippen molar-refractivity contribution in [1.29, 1.82) is 0 Å². The highest BCUT2D eigenvalue weighted by Gasteiger charge is 2.52. The summed E-state index contributed by atoms with van der Waals surface area (Å²) in [6.07, 6.45) is 0. The van der Waals surface area contributed by atoms with E-state index < -0.39 is 24.2 Å². The number of halogens is 3. The first-order valence-corrected chi connectivity index (χ1v) is 8.59. The third-order valence-electron chi connectivity index (χ3n) is 5.52. The number of fused-ring (bicyclic) bond motifs is 3. The molecular formula is C19H18BClF2O2. The van der Waals surface area contributed by atoms with Gasteiger partial charge in [0, 0.05) is 16.1 Å². The molecule has 6 heteroatoms. The lowest BCUT2D eigenvalue weighted by atomic mass is 9.77. The second-order valence-electron chi connectivity index (χ2n) is 7.66. The van der Waals surface area contributed by atoms with Crippen molar-refractivity contribution in [3.63, 3.8) is 0 Å². The van der Waals surface area contributed by atoms with Crippen molar-refractivity contribution < 1.29 is 18.1 Å². The van der Waals surface area contributed by atoms with E-state index >= 15 is 0 Å². The van der Waals surface area contributed by atoms with E-state index in [9.17, 15) is 8.78 Å². The predicted octanol–water partition coefficient (Wildman–Crippen LogP) is 4.76. The Labute approximate surface area is 151 Å². The zero-order valence-corrected chi connectivity index (χ0v) is 15.2. The van der Waals surface area contributed by atoms with Crippen molar-refractivity contribution in [1.82, 2.24) is 0 Å². The van der Waals surface area contributed by atoms with Gasteiger partial charge in [0.15, 0.2) is 0 Å². The summed E-state index contributed by atoms with van der Waals surface area (Å²) in [5.41, 5.74) is 0.515. The van der Waals surface area contributed by atoms with E-state index in [1.165, 1.54) is 12.1 Å². The molecule has 1 saturated heterocycles. The molecule has 0 N–H and O–H groups in total. The third-order valence-corrected chi connectivity index (χ3v) is 5.75. The molecule has 1 aliphatic carbocycles. The van der Waals surface area contributed by atoms with Gasteiger partial charge in [-0.05, 0) is 56.4 Å². The van der Waals surface area contributed by atoms with E-state index in [0.717, 1.165) is 0 Å². The molecule has 0 amide bonds. The largest absolute Gasteiger partial charge is 0.494 e. The summed E-state index contributed by atoms with van der Waals surface area (Å²) in [4.78, 5) is 0. The smallest absolute Gasteiger partial charge is 0.399 e. The molecule has 1 fully saturated rings. The lowest BCUT2D eigenvalue weighted by molar-refractivity contribution is 0.00578. The highest BCUT2D eigenvalue weighted by atomic mass is 35.5. The van der Waals surface area contributed by atoms with Crippen LogP contribution in [0.1, 0.15) is 38.8 Å². The van der Waals surface area contributed by atoms with Crippen LogP contribution in [0.3, 0.4) is 0 Å². The summed E-state index contributed by atoms with van der Waals surface area (Å²) in [7, 11) is -0.668. The van der Waals surface area contributed by atoms with Gasteiger partial charge in [0.25, 0.3) is 5.92 Å². The first kappa shape index (κ1) is 17.0. The van der Waals surface area contributed by atoms with E-state index in [1.807, 2.05) is 27.7 Å². The molecule has 2 aliphatic rings. The predicted molar refractivity (Wildman–Crippen MR) is 95.6 cm³/mol. The number of hydrogen-bond acceptors (Lipinski definition) is 2. The van der Waals surface area contributed by atoms with Crippen LogP contribution >= 0.6 is 11.6 Å². The van der Waals surface area contributed by atoms with Crippen molar-refractivity contribution in [3.05, 3.63) is 52.5 Å². The van der Waals surface area contributed by atoms with Gasteiger partial charge in [0.2, 0.25) is 0 Å². The first-order valence-electron chi connectivity index (χ1n) is 8.21. The molecule has 2 nitrogen and oxygen atoms in total. The van der Waals surface area contributed by atoms with Gasteiger partial charge in [-0.1, -0.05) is 35.9 Å². The molecule has 25 heavy (non-hydrogen) atoms. The lowest BCUT2D eigenvalue weighted by Crippen LogP contribution is -2.41. The summed E-state index contributed by atoms with van der Waals surface area (Å²) in [6.45, 7) is 7.75. The molecule has 130 valence electrons. The summed E-state index contributed by atoms with van der Waals surface area (Å²) in [5.74, 6) is -3.09. The zero-order valence-electron chi connectivity index (χ0n) is 14.5. The Kier molecular flexibility index (Phi) is 3.44. The van der Waals surface area contributed by atoms with Crippen LogP contribution in [0.15, 0.2) is 36.4 Å². The molecular weight excluding hydrogens is 344 g/mol. The second kappa shape index (κ2) is 5.06. The number of alkyl halides is 2. The van der Waals surface area contributed by atoms with Gasteiger partial charge in [-0.2, -0.15) is 8.78 Å². The highest BCUT2D eigenvalue weighted by molar-refractivity contribution is 6.62. The molecule has 0 saturated carbocycles. The molecule has 0 aromatic heterocycles. The lowest BCUT2D eigenvalue weighted by Gasteiger charge is -2.32. The van der Waals surface area contributed by atoms with Crippen LogP contribution in [0.4, 0.5) is 8.78 Å². The summed E-state index contributed by atoms with van der Waals surface area (Å²) >= 11 is 5.92. The molecule has 2 aromatic carbocycles. The van der Waals surface area contributed by atoms with Gasteiger partial charge in [-0.25, -0.2) is 0 Å². The van der Waals surface area contributed by atoms with E-state index in [1.54, 1.807) is 24.3 Å². The fourth-order valence-corrected chi connectivity index (χ4v) is 3.51. The Morgan fingerprint density at radius 2 is 1.36 bits per heavy atom. The van der Waals surface area contributed by atoms with E-state index in [2.05, 4.69) is 0 Å². The Hall–Kier alpha value is -1.43. The molecule has 1 heterocycles. The third kappa shape index (κ3) is 2.36. The van der Waals surface area contributed by atoms with Crippen molar-refractivity contribution in [2.45, 2.75) is 44.8 Å². The van der Waals surface area contributed by atoms with Crippen LogP contribution in [0.5, 0.6) is 0 Å². The van der Waals surface area contributed by atoms with E-state index in [4.69, 9.17) is 20.9 Å². The van der Waals surface area contributed by atoms with Gasteiger partial charge in [-0.3, -0.25) is 0 Å². The number of hydrogen-bond donors (Lipinski definition) is 0. The first-order chi connectivity index (χ1) is 11.5. The maximum atomic E-state index is 14.9. The Morgan fingerprint density at radius 1 is 0.840 bits per heavy atom. The maximum absolute atomic E-state index is 14.9. The molecule has 0 unspecified atom stereocenters. The van der Waals surface area contributed by atoms with E-state index in [-0.39, 0.29) is 11.1 Å². The summed E-state index contributed by atoms with van der Waals surface area (Å²) < 4.78 is 41.9. The number of benzene rings is 2. The summed E-state index contributed by atoms with van der Waals surface area (Å²) in [5, 5.41) is 0.303. The van der Waals surface area contributed by atoms with Crippen LogP contribution in [0.2, 0.25) is 5.02 Å². The maximum Gasteiger partial charge on any atom is 0.494 e. The average molecular weight is 363 g/mol. The second-order valence-corrected chi connectivity index (χ2v) is 8.09. The normalized spacial score (nSPS) is 22.0. The fraction of sp³-hybridized carbons (Fsp3) is 0.368. The van der Waals surface area contributed by atoms with E-state index in [0.29, 0.717) is 21.6 Å².